The molecule has 2 aliphatic rings. The van der Waals surface area contributed by atoms with Gasteiger partial charge in [0.25, 0.3) is 0 Å². The summed E-state index contributed by atoms with van der Waals surface area (Å²) >= 11 is 5.93. The number of hydrogen-bond acceptors (Lipinski definition) is 6. The third kappa shape index (κ3) is 6.46. The molecule has 2 N–H and O–H groups in total. The normalized spacial score (nSPS) is 16.5. The number of aryl methyl sites for hydroxylation is 1. The first kappa shape index (κ1) is 29.6. The number of benzene rings is 2. The van der Waals surface area contributed by atoms with E-state index in [1.54, 1.807) is 12.3 Å². The zero-order valence-corrected chi connectivity index (χ0v) is 25.0. The van der Waals surface area contributed by atoms with E-state index in [4.69, 9.17) is 11.6 Å². The maximum absolute atomic E-state index is 11.6. The molecule has 8 nitrogen and oxygen atoms in total. The Morgan fingerprint density at radius 1 is 0.714 bits per heavy atom. The summed E-state index contributed by atoms with van der Waals surface area (Å²) in [6, 6.07) is 19.9. The number of hydrogen-bond donors (Lipinski definition) is 2. The third-order valence-electron chi connectivity index (χ3n) is 8.47. The fraction of sp³-hybridized carbons (Fsp3) is 0.333. The van der Waals surface area contributed by atoms with Gasteiger partial charge in [0.1, 0.15) is 0 Å². The van der Waals surface area contributed by atoms with Gasteiger partial charge in [0, 0.05) is 79.9 Å². The van der Waals surface area contributed by atoms with E-state index in [-0.39, 0.29) is 28.4 Å². The van der Waals surface area contributed by atoms with Gasteiger partial charge in [-0.3, -0.25) is 19.4 Å². The van der Waals surface area contributed by atoms with Crippen molar-refractivity contribution in [3.05, 3.63) is 127 Å². The Morgan fingerprint density at radius 3 is 1.74 bits per heavy atom. The van der Waals surface area contributed by atoms with Crippen LogP contribution in [0.1, 0.15) is 54.0 Å². The average molecular weight is 589 g/mol. The molecule has 2 aliphatic heterocycles. The molecule has 42 heavy (non-hydrogen) atoms. The SMILES string of the molecule is CC(c1ccc(Cl)cc1)N1CCn2cc(O)c(=O)cc2C1.Cc1ccccc1C(C)N1CCn2cc(O)c(=O)cc2C1. The van der Waals surface area contributed by atoms with Gasteiger partial charge >= 0.3 is 0 Å². The van der Waals surface area contributed by atoms with Crippen LogP contribution >= 0.6 is 11.6 Å². The summed E-state index contributed by atoms with van der Waals surface area (Å²) in [6.45, 7) is 11.2. The van der Waals surface area contributed by atoms with Gasteiger partial charge < -0.3 is 19.3 Å². The Morgan fingerprint density at radius 2 is 1.21 bits per heavy atom. The highest BCUT2D eigenvalue weighted by Gasteiger charge is 2.24. The summed E-state index contributed by atoms with van der Waals surface area (Å²) in [4.78, 5) is 27.9. The minimum Gasteiger partial charge on any atom is -0.503 e. The van der Waals surface area contributed by atoms with Crippen LogP contribution in [0.4, 0.5) is 0 Å². The Balaban J connectivity index is 0.000000168. The van der Waals surface area contributed by atoms with E-state index in [0.717, 1.165) is 49.1 Å². The highest BCUT2D eigenvalue weighted by atomic mass is 35.5. The van der Waals surface area contributed by atoms with Gasteiger partial charge in [-0.2, -0.15) is 0 Å². The smallest absolute Gasteiger partial charge is 0.223 e. The molecule has 2 atom stereocenters. The van der Waals surface area contributed by atoms with Crippen molar-refractivity contribution >= 4 is 11.6 Å². The molecule has 4 aromatic rings. The van der Waals surface area contributed by atoms with Gasteiger partial charge in [-0.25, -0.2) is 0 Å². The summed E-state index contributed by atoms with van der Waals surface area (Å²) in [5.41, 5.74) is 5.10. The molecule has 0 aliphatic carbocycles. The second-order valence-corrected chi connectivity index (χ2v) is 11.6. The van der Waals surface area contributed by atoms with E-state index in [0.29, 0.717) is 12.6 Å². The van der Waals surface area contributed by atoms with Crippen molar-refractivity contribution in [1.82, 2.24) is 18.9 Å². The Hall–Kier alpha value is -3.85. The number of halogens is 1. The van der Waals surface area contributed by atoms with Crippen LogP contribution in [0.5, 0.6) is 11.5 Å². The summed E-state index contributed by atoms with van der Waals surface area (Å²) in [5, 5.41) is 19.7. The second kappa shape index (κ2) is 12.6. The Kier molecular flexibility index (Phi) is 8.87. The van der Waals surface area contributed by atoms with Crippen LogP contribution in [0.2, 0.25) is 5.02 Å². The fourth-order valence-corrected chi connectivity index (χ4v) is 5.93. The van der Waals surface area contributed by atoms with Crippen molar-refractivity contribution in [1.29, 1.82) is 0 Å². The second-order valence-electron chi connectivity index (χ2n) is 11.1. The highest BCUT2D eigenvalue weighted by molar-refractivity contribution is 6.30. The standard InChI is InChI=1S/C17H20N2O2.C16H17ClN2O2/c1-12-5-3-4-6-15(12)13(2)18-7-8-19-11-17(21)16(20)9-14(19)10-18;1-11(12-2-4-13(17)5-3-12)18-6-7-19-10-16(21)15(20)8-14(19)9-18/h3-6,9,11,13,21H,7-8,10H2,1-2H3;2-5,8,10-11,21H,6-7,9H2,1H3. The van der Waals surface area contributed by atoms with Gasteiger partial charge in [-0.15, -0.1) is 0 Å². The average Bonchev–Trinajstić information content (AvgIpc) is 2.98. The summed E-state index contributed by atoms with van der Waals surface area (Å²) in [6.07, 6.45) is 3.08. The van der Waals surface area contributed by atoms with E-state index < -0.39 is 0 Å². The predicted octanol–water partition coefficient (Wildman–Crippen LogP) is 5.22. The molecule has 2 unspecified atom stereocenters. The van der Waals surface area contributed by atoms with E-state index >= 15 is 0 Å². The largest absolute Gasteiger partial charge is 0.503 e. The molecule has 0 amide bonds. The molecule has 0 radical (unpaired) electrons. The quantitative estimate of drug-likeness (QED) is 0.340. The van der Waals surface area contributed by atoms with Crippen molar-refractivity contribution in [2.24, 2.45) is 0 Å². The van der Waals surface area contributed by atoms with Crippen LogP contribution in [0, 0.1) is 6.92 Å². The number of aromatic nitrogens is 2. The van der Waals surface area contributed by atoms with Crippen LogP contribution < -0.4 is 10.9 Å². The lowest BCUT2D eigenvalue weighted by Gasteiger charge is -2.35. The van der Waals surface area contributed by atoms with Gasteiger partial charge in [0.05, 0.1) is 12.4 Å². The molecule has 6 rings (SSSR count). The van der Waals surface area contributed by atoms with Crippen LogP contribution in [0.25, 0.3) is 0 Å². The summed E-state index contributed by atoms with van der Waals surface area (Å²) < 4.78 is 3.92. The van der Waals surface area contributed by atoms with Crippen LogP contribution in [-0.4, -0.2) is 42.2 Å². The number of pyridine rings is 2. The highest BCUT2D eigenvalue weighted by Crippen LogP contribution is 2.28. The molecule has 0 bridgehead atoms. The van der Waals surface area contributed by atoms with E-state index in [2.05, 4.69) is 54.8 Å². The van der Waals surface area contributed by atoms with Gasteiger partial charge in [-0.1, -0.05) is 48.0 Å². The van der Waals surface area contributed by atoms with E-state index in [1.807, 2.05) is 33.4 Å². The lowest BCUT2D eigenvalue weighted by atomic mass is 10.0. The Labute approximate surface area is 250 Å². The molecular weight excluding hydrogens is 552 g/mol. The first-order valence-electron chi connectivity index (χ1n) is 14.2. The van der Waals surface area contributed by atoms with E-state index in [1.165, 1.54) is 29.0 Å². The molecule has 2 aromatic heterocycles. The zero-order valence-electron chi connectivity index (χ0n) is 24.2. The van der Waals surface area contributed by atoms with Crippen molar-refractivity contribution in [3.8, 4) is 11.5 Å². The van der Waals surface area contributed by atoms with E-state index in [9.17, 15) is 19.8 Å². The maximum Gasteiger partial charge on any atom is 0.223 e. The summed E-state index contributed by atoms with van der Waals surface area (Å²) in [5.74, 6) is -0.350. The monoisotopic (exact) mass is 588 g/mol. The summed E-state index contributed by atoms with van der Waals surface area (Å²) in [7, 11) is 0. The van der Waals surface area contributed by atoms with Crippen LogP contribution in [0.3, 0.4) is 0 Å². The molecule has 0 saturated heterocycles. The van der Waals surface area contributed by atoms with Crippen molar-refractivity contribution < 1.29 is 10.2 Å². The third-order valence-corrected chi connectivity index (χ3v) is 8.72. The molecule has 0 saturated carbocycles. The molecule has 0 spiro atoms. The minimum atomic E-state index is -0.317. The van der Waals surface area contributed by atoms with Crippen molar-refractivity contribution in [2.75, 3.05) is 13.1 Å². The molecule has 0 fully saturated rings. The molecule has 2 aromatic carbocycles. The molecule has 220 valence electrons. The predicted molar refractivity (Wildman–Crippen MR) is 165 cm³/mol. The van der Waals surface area contributed by atoms with Crippen molar-refractivity contribution in [3.63, 3.8) is 0 Å². The van der Waals surface area contributed by atoms with Gasteiger partial charge in [0.2, 0.25) is 10.9 Å². The van der Waals surface area contributed by atoms with Crippen LogP contribution in [-0.2, 0) is 26.2 Å². The topological polar surface area (TPSA) is 90.9 Å². The lowest BCUT2D eigenvalue weighted by Crippen LogP contribution is -2.36. The number of fused-ring (bicyclic) bond motifs is 2. The van der Waals surface area contributed by atoms with Crippen LogP contribution in [0.15, 0.2) is 82.6 Å². The molecular formula is C33H37ClN4O4. The van der Waals surface area contributed by atoms with Gasteiger partial charge in [0.15, 0.2) is 11.5 Å². The maximum atomic E-state index is 11.6. The lowest BCUT2D eigenvalue weighted by molar-refractivity contribution is 0.164. The minimum absolute atomic E-state index is 0.167. The number of nitrogens with zero attached hydrogens (tertiary/aromatic N) is 4. The molecule has 4 heterocycles. The number of rotatable bonds is 4. The molecule has 9 heteroatoms. The first-order valence-corrected chi connectivity index (χ1v) is 14.6. The van der Waals surface area contributed by atoms with Crippen molar-refractivity contribution in [2.45, 2.75) is 59.0 Å². The van der Waals surface area contributed by atoms with Gasteiger partial charge in [-0.05, 0) is 49.6 Å². The first-order chi connectivity index (χ1) is 20.1. The fourth-order valence-electron chi connectivity index (χ4n) is 5.81. The Bertz CT molecular complexity index is 1680. The zero-order chi connectivity index (χ0) is 30.0. The number of aromatic hydroxyl groups is 2.